The minimum atomic E-state index is -0.0774. The van der Waals surface area contributed by atoms with Crippen molar-refractivity contribution in [2.45, 2.75) is 33.4 Å². The molecule has 1 aromatic heterocycles. The highest BCUT2D eigenvalue weighted by molar-refractivity contribution is 5.80. The second kappa shape index (κ2) is 6.20. The number of carbonyl (C=O) groups excluding carboxylic acids is 1. The summed E-state index contributed by atoms with van der Waals surface area (Å²) in [5.41, 5.74) is 5.12. The Morgan fingerprint density at radius 2 is 1.87 bits per heavy atom. The van der Waals surface area contributed by atoms with E-state index in [0.717, 1.165) is 16.6 Å². The maximum absolute atomic E-state index is 12.3. The van der Waals surface area contributed by atoms with E-state index >= 15 is 0 Å². The van der Waals surface area contributed by atoms with Gasteiger partial charge in [-0.05, 0) is 49.6 Å². The van der Waals surface area contributed by atoms with Crippen LogP contribution >= 0.6 is 0 Å². The van der Waals surface area contributed by atoms with Crippen LogP contribution in [0, 0.1) is 13.8 Å². The molecule has 1 N–H and O–H groups in total. The summed E-state index contributed by atoms with van der Waals surface area (Å²) in [5, 5.41) is 11.2. The van der Waals surface area contributed by atoms with Gasteiger partial charge in [0.2, 0.25) is 5.91 Å². The zero-order chi connectivity index (χ0) is 16.4. The summed E-state index contributed by atoms with van der Waals surface area (Å²) in [6.45, 7) is 6.22. The largest absolute Gasteiger partial charge is 0.348 e. The summed E-state index contributed by atoms with van der Waals surface area (Å²) in [5.74, 6) is -0.0774. The molecular formula is C18H20N4O. The Labute approximate surface area is 135 Å². The Bertz CT molecular complexity index is 839. The number of aromatic nitrogens is 3. The van der Waals surface area contributed by atoms with Crippen molar-refractivity contribution in [3.8, 4) is 0 Å². The fourth-order valence-electron chi connectivity index (χ4n) is 2.59. The van der Waals surface area contributed by atoms with Crippen LogP contribution in [-0.2, 0) is 11.3 Å². The van der Waals surface area contributed by atoms with Crippen molar-refractivity contribution in [1.82, 2.24) is 20.3 Å². The van der Waals surface area contributed by atoms with E-state index in [1.165, 1.54) is 11.1 Å². The number of hydrogen-bond acceptors (Lipinski definition) is 3. The fraction of sp³-hybridized carbons (Fsp3) is 0.278. The molecule has 0 aliphatic carbocycles. The third kappa shape index (κ3) is 3.23. The standard InChI is InChI=1S/C18H20N4O/c1-12-9-16-17(10-13(12)2)22(21-20-16)11-18(23)19-14(3)15-7-5-4-6-8-15/h4-10,14H,11H2,1-3H3,(H,19,23). The number of fused-ring (bicyclic) bond motifs is 1. The van der Waals surface area contributed by atoms with Crippen LogP contribution in [0.3, 0.4) is 0 Å². The number of carbonyl (C=O) groups is 1. The molecule has 5 nitrogen and oxygen atoms in total. The smallest absolute Gasteiger partial charge is 0.242 e. The zero-order valence-electron chi connectivity index (χ0n) is 13.6. The lowest BCUT2D eigenvalue weighted by Crippen LogP contribution is -2.30. The summed E-state index contributed by atoms with van der Waals surface area (Å²) in [6, 6.07) is 13.9. The number of rotatable bonds is 4. The molecule has 1 atom stereocenters. The van der Waals surface area contributed by atoms with Crippen molar-refractivity contribution in [3.05, 3.63) is 59.2 Å². The highest BCUT2D eigenvalue weighted by Gasteiger charge is 2.13. The van der Waals surface area contributed by atoms with E-state index in [9.17, 15) is 4.79 Å². The lowest BCUT2D eigenvalue weighted by Gasteiger charge is -2.14. The van der Waals surface area contributed by atoms with Gasteiger partial charge in [-0.3, -0.25) is 4.79 Å². The Kier molecular flexibility index (Phi) is 4.10. The lowest BCUT2D eigenvalue weighted by molar-refractivity contribution is -0.122. The van der Waals surface area contributed by atoms with Gasteiger partial charge in [0, 0.05) is 0 Å². The lowest BCUT2D eigenvalue weighted by atomic mass is 10.1. The van der Waals surface area contributed by atoms with Crippen LogP contribution in [-0.4, -0.2) is 20.9 Å². The minimum absolute atomic E-state index is 0.0394. The van der Waals surface area contributed by atoms with Crippen LogP contribution in [0.2, 0.25) is 0 Å². The number of nitrogens with zero attached hydrogens (tertiary/aromatic N) is 3. The van der Waals surface area contributed by atoms with Crippen molar-refractivity contribution in [2.24, 2.45) is 0 Å². The second-order valence-electron chi connectivity index (χ2n) is 5.87. The first-order chi connectivity index (χ1) is 11.0. The number of benzene rings is 2. The number of amides is 1. The molecule has 0 aliphatic heterocycles. The predicted octanol–water partition coefficient (Wildman–Crippen LogP) is 2.93. The predicted molar refractivity (Wildman–Crippen MR) is 90.0 cm³/mol. The van der Waals surface area contributed by atoms with Crippen molar-refractivity contribution in [1.29, 1.82) is 0 Å². The van der Waals surface area contributed by atoms with Gasteiger partial charge in [0.25, 0.3) is 0 Å². The van der Waals surface area contributed by atoms with Crippen LogP contribution in [0.1, 0.15) is 29.7 Å². The van der Waals surface area contributed by atoms with E-state index < -0.39 is 0 Å². The molecule has 2 aromatic carbocycles. The van der Waals surface area contributed by atoms with Crippen molar-refractivity contribution >= 4 is 16.9 Å². The molecule has 1 amide bonds. The molecule has 0 saturated carbocycles. The molecule has 1 unspecified atom stereocenters. The number of nitrogens with one attached hydrogen (secondary N) is 1. The van der Waals surface area contributed by atoms with Crippen molar-refractivity contribution in [2.75, 3.05) is 0 Å². The van der Waals surface area contributed by atoms with Gasteiger partial charge in [-0.15, -0.1) is 5.10 Å². The van der Waals surface area contributed by atoms with Gasteiger partial charge in [0.1, 0.15) is 12.1 Å². The molecule has 0 bridgehead atoms. The molecule has 23 heavy (non-hydrogen) atoms. The van der Waals surface area contributed by atoms with Crippen LogP contribution < -0.4 is 5.32 Å². The second-order valence-corrected chi connectivity index (χ2v) is 5.87. The van der Waals surface area contributed by atoms with Gasteiger partial charge in [-0.1, -0.05) is 35.5 Å². The molecule has 1 heterocycles. The molecule has 118 valence electrons. The SMILES string of the molecule is Cc1cc2nnn(CC(=O)NC(C)c3ccccc3)c2cc1C. The highest BCUT2D eigenvalue weighted by atomic mass is 16.2. The highest BCUT2D eigenvalue weighted by Crippen LogP contribution is 2.17. The van der Waals surface area contributed by atoms with Gasteiger partial charge in [0.05, 0.1) is 11.6 Å². The summed E-state index contributed by atoms with van der Waals surface area (Å²) in [7, 11) is 0. The van der Waals surface area contributed by atoms with E-state index in [-0.39, 0.29) is 18.5 Å². The average molecular weight is 308 g/mol. The normalized spacial score (nSPS) is 12.3. The van der Waals surface area contributed by atoms with Gasteiger partial charge in [-0.2, -0.15) is 0 Å². The van der Waals surface area contributed by atoms with E-state index in [0.29, 0.717) is 0 Å². The Morgan fingerprint density at radius 1 is 1.17 bits per heavy atom. The Balaban J connectivity index is 1.74. The number of aryl methyl sites for hydroxylation is 2. The monoisotopic (exact) mass is 308 g/mol. The summed E-state index contributed by atoms with van der Waals surface area (Å²) >= 11 is 0. The topological polar surface area (TPSA) is 59.8 Å². The van der Waals surface area contributed by atoms with E-state index in [1.807, 2.05) is 63.2 Å². The molecule has 3 rings (SSSR count). The van der Waals surface area contributed by atoms with Gasteiger partial charge in [0.15, 0.2) is 0 Å². The first kappa shape index (κ1) is 15.2. The molecule has 0 spiro atoms. The summed E-state index contributed by atoms with van der Waals surface area (Å²) in [4.78, 5) is 12.3. The van der Waals surface area contributed by atoms with Crippen molar-refractivity contribution < 1.29 is 4.79 Å². The molecular weight excluding hydrogens is 288 g/mol. The molecule has 3 aromatic rings. The van der Waals surface area contributed by atoms with Crippen molar-refractivity contribution in [3.63, 3.8) is 0 Å². The first-order valence-electron chi connectivity index (χ1n) is 7.69. The van der Waals surface area contributed by atoms with E-state index in [1.54, 1.807) is 4.68 Å². The van der Waals surface area contributed by atoms with Crippen LogP contribution in [0.25, 0.3) is 11.0 Å². The summed E-state index contributed by atoms with van der Waals surface area (Å²) in [6.07, 6.45) is 0. The van der Waals surface area contributed by atoms with Crippen LogP contribution in [0.4, 0.5) is 0 Å². The maximum atomic E-state index is 12.3. The quantitative estimate of drug-likeness (QED) is 0.806. The molecule has 5 heteroatoms. The first-order valence-corrected chi connectivity index (χ1v) is 7.69. The fourth-order valence-corrected chi connectivity index (χ4v) is 2.59. The maximum Gasteiger partial charge on any atom is 0.242 e. The van der Waals surface area contributed by atoms with Gasteiger partial charge < -0.3 is 5.32 Å². The van der Waals surface area contributed by atoms with Crippen LogP contribution in [0.15, 0.2) is 42.5 Å². The van der Waals surface area contributed by atoms with E-state index in [4.69, 9.17) is 0 Å². The molecule has 0 saturated heterocycles. The molecule has 0 fully saturated rings. The molecule has 0 radical (unpaired) electrons. The average Bonchev–Trinajstić information content (AvgIpc) is 2.90. The van der Waals surface area contributed by atoms with Crippen LogP contribution in [0.5, 0.6) is 0 Å². The number of hydrogen-bond donors (Lipinski definition) is 1. The van der Waals surface area contributed by atoms with Gasteiger partial charge in [-0.25, -0.2) is 4.68 Å². The Morgan fingerprint density at radius 3 is 2.61 bits per heavy atom. The minimum Gasteiger partial charge on any atom is -0.348 e. The zero-order valence-corrected chi connectivity index (χ0v) is 13.6. The summed E-state index contributed by atoms with van der Waals surface area (Å²) < 4.78 is 1.65. The van der Waals surface area contributed by atoms with Gasteiger partial charge >= 0.3 is 0 Å². The Hall–Kier alpha value is -2.69. The van der Waals surface area contributed by atoms with E-state index in [2.05, 4.69) is 15.6 Å². The third-order valence-electron chi connectivity index (χ3n) is 4.10. The molecule has 0 aliphatic rings. The third-order valence-corrected chi connectivity index (χ3v) is 4.10.